The van der Waals surface area contributed by atoms with Crippen LogP contribution in [-0.2, 0) is 14.8 Å². The molecule has 1 aliphatic rings. The summed E-state index contributed by atoms with van der Waals surface area (Å²) in [5.41, 5.74) is 1.59. The molecule has 1 amide bonds. The Kier molecular flexibility index (Phi) is 7.76. The summed E-state index contributed by atoms with van der Waals surface area (Å²) < 4.78 is 38.1. The summed E-state index contributed by atoms with van der Waals surface area (Å²) >= 11 is 0. The minimum Gasteiger partial charge on any atom is -0.497 e. The summed E-state index contributed by atoms with van der Waals surface area (Å²) in [5, 5.41) is 2.91. The number of nitrogens with one attached hydrogen (secondary N) is 1. The van der Waals surface area contributed by atoms with Crippen LogP contribution in [-0.4, -0.2) is 70.0 Å². The van der Waals surface area contributed by atoms with Crippen molar-refractivity contribution >= 4 is 21.6 Å². The van der Waals surface area contributed by atoms with Gasteiger partial charge in [0, 0.05) is 50.1 Å². The molecule has 0 aliphatic carbocycles. The van der Waals surface area contributed by atoms with Crippen LogP contribution in [0.15, 0.2) is 47.4 Å². The Morgan fingerprint density at radius 1 is 0.969 bits per heavy atom. The molecule has 0 spiro atoms. The third-order valence-corrected chi connectivity index (χ3v) is 7.61. The summed E-state index contributed by atoms with van der Waals surface area (Å²) in [6.45, 7) is 5.62. The maximum absolute atomic E-state index is 13.0. The van der Waals surface area contributed by atoms with Crippen LogP contribution in [0.3, 0.4) is 0 Å². The number of anilines is 1. The average Bonchev–Trinajstić information content (AvgIpc) is 3.05. The number of amides is 1. The molecule has 0 bridgehead atoms. The zero-order chi connectivity index (χ0) is 23.3. The monoisotopic (exact) mass is 461 g/mol. The molecule has 1 atom stereocenters. The first-order valence-corrected chi connectivity index (χ1v) is 12.0. The number of sulfonamides is 1. The molecule has 2 aromatic carbocycles. The molecule has 1 heterocycles. The molecule has 1 N–H and O–H groups in total. The van der Waals surface area contributed by atoms with Crippen LogP contribution < -0.4 is 14.8 Å². The molecule has 3 rings (SSSR count). The van der Waals surface area contributed by atoms with Crippen LogP contribution in [0.5, 0.6) is 11.5 Å². The van der Waals surface area contributed by atoms with Gasteiger partial charge < -0.3 is 14.8 Å². The van der Waals surface area contributed by atoms with Crippen molar-refractivity contribution < 1.29 is 22.7 Å². The molecule has 0 radical (unpaired) electrons. The van der Waals surface area contributed by atoms with Gasteiger partial charge in [-0.05, 0) is 32.4 Å². The van der Waals surface area contributed by atoms with E-state index < -0.39 is 16.1 Å². The van der Waals surface area contributed by atoms with Crippen molar-refractivity contribution in [3.05, 3.63) is 48.0 Å². The van der Waals surface area contributed by atoms with Gasteiger partial charge in [0.25, 0.3) is 0 Å². The van der Waals surface area contributed by atoms with Crippen molar-refractivity contribution in [2.45, 2.75) is 31.2 Å². The van der Waals surface area contributed by atoms with E-state index in [0.717, 1.165) is 5.56 Å². The van der Waals surface area contributed by atoms with E-state index in [1.54, 1.807) is 56.7 Å². The summed E-state index contributed by atoms with van der Waals surface area (Å²) in [4.78, 5) is 15.2. The Morgan fingerprint density at radius 2 is 1.59 bits per heavy atom. The Bertz CT molecular complexity index is 1020. The molecule has 1 fully saturated rings. The molecule has 1 unspecified atom stereocenters. The topological polar surface area (TPSA) is 88.2 Å². The first-order chi connectivity index (χ1) is 15.2. The lowest BCUT2D eigenvalue weighted by atomic mass is 10.2. The van der Waals surface area contributed by atoms with Crippen LogP contribution in [0.25, 0.3) is 0 Å². The van der Waals surface area contributed by atoms with E-state index in [1.807, 2.05) is 18.7 Å². The number of carbonyl (C=O) groups is 1. The molecule has 8 nitrogen and oxygen atoms in total. The highest BCUT2D eigenvalue weighted by Crippen LogP contribution is 2.26. The smallest absolute Gasteiger partial charge is 0.243 e. The second-order valence-corrected chi connectivity index (χ2v) is 9.81. The molecular weight excluding hydrogens is 430 g/mol. The minimum atomic E-state index is -3.56. The van der Waals surface area contributed by atoms with Gasteiger partial charge in [-0.15, -0.1) is 0 Å². The van der Waals surface area contributed by atoms with Crippen molar-refractivity contribution in [3.8, 4) is 11.5 Å². The largest absolute Gasteiger partial charge is 0.497 e. The molecule has 1 aliphatic heterocycles. The fourth-order valence-corrected chi connectivity index (χ4v) is 5.16. The Labute approximate surface area is 190 Å². The number of rotatable bonds is 7. The number of methoxy groups -OCH3 is 2. The summed E-state index contributed by atoms with van der Waals surface area (Å²) in [5.74, 6) is 0.994. The number of carbonyl (C=O) groups excluding carboxylic acids is 1. The number of hydrogen-bond acceptors (Lipinski definition) is 6. The van der Waals surface area contributed by atoms with Gasteiger partial charge >= 0.3 is 0 Å². The molecule has 0 saturated carbocycles. The number of hydrogen-bond donors (Lipinski definition) is 1. The van der Waals surface area contributed by atoms with Gasteiger partial charge in [-0.3, -0.25) is 9.69 Å². The number of nitrogens with zero attached hydrogens (tertiary/aromatic N) is 2. The first kappa shape index (κ1) is 24.0. The van der Waals surface area contributed by atoms with E-state index >= 15 is 0 Å². The molecule has 9 heteroatoms. The van der Waals surface area contributed by atoms with Crippen LogP contribution in [0.2, 0.25) is 0 Å². The number of benzene rings is 2. The number of aryl methyl sites for hydroxylation is 1. The highest BCUT2D eigenvalue weighted by molar-refractivity contribution is 7.89. The lowest BCUT2D eigenvalue weighted by molar-refractivity contribution is -0.120. The van der Waals surface area contributed by atoms with Crippen molar-refractivity contribution in [1.29, 1.82) is 0 Å². The van der Waals surface area contributed by atoms with E-state index in [1.165, 1.54) is 4.31 Å². The van der Waals surface area contributed by atoms with Crippen molar-refractivity contribution in [1.82, 2.24) is 9.21 Å². The molecule has 1 saturated heterocycles. The van der Waals surface area contributed by atoms with Gasteiger partial charge in [-0.1, -0.05) is 17.7 Å². The maximum atomic E-state index is 13.0. The first-order valence-electron chi connectivity index (χ1n) is 10.6. The predicted octanol–water partition coefficient (Wildman–Crippen LogP) is 2.74. The fourth-order valence-electron chi connectivity index (χ4n) is 3.69. The SMILES string of the molecule is COc1cc(NC(=O)C(C)N2CCCN(S(=O)(=O)c3ccc(C)cc3)CC2)cc(OC)c1. The van der Waals surface area contributed by atoms with Gasteiger partial charge in [0.15, 0.2) is 0 Å². The molecule has 2 aromatic rings. The van der Waals surface area contributed by atoms with Gasteiger partial charge in [0.05, 0.1) is 25.2 Å². The van der Waals surface area contributed by atoms with E-state index in [2.05, 4.69) is 5.32 Å². The van der Waals surface area contributed by atoms with Gasteiger partial charge in [0.1, 0.15) is 11.5 Å². The third kappa shape index (κ3) is 5.59. The standard InChI is InChI=1S/C23H31N3O5S/c1-17-6-8-22(9-7-17)32(28,29)26-11-5-10-25(12-13-26)18(2)23(27)24-19-14-20(30-3)16-21(15-19)31-4/h6-9,14-16,18H,5,10-13H2,1-4H3,(H,24,27). The second-order valence-electron chi connectivity index (χ2n) is 7.87. The highest BCUT2D eigenvalue weighted by Gasteiger charge is 2.30. The van der Waals surface area contributed by atoms with Crippen molar-refractivity contribution in [2.75, 3.05) is 45.7 Å². The Morgan fingerprint density at radius 3 is 2.19 bits per heavy atom. The molecule has 0 aromatic heterocycles. The summed E-state index contributed by atoms with van der Waals surface area (Å²) in [6, 6.07) is 11.7. The maximum Gasteiger partial charge on any atom is 0.243 e. The quantitative estimate of drug-likeness (QED) is 0.682. The van der Waals surface area contributed by atoms with Gasteiger partial charge in [-0.25, -0.2) is 8.42 Å². The van der Waals surface area contributed by atoms with Crippen LogP contribution in [0.1, 0.15) is 18.9 Å². The minimum absolute atomic E-state index is 0.171. The molecule has 174 valence electrons. The normalized spacial score (nSPS) is 16.8. The zero-order valence-corrected chi connectivity index (χ0v) is 19.8. The lowest BCUT2D eigenvalue weighted by Crippen LogP contribution is -2.44. The van der Waals surface area contributed by atoms with E-state index in [4.69, 9.17) is 9.47 Å². The zero-order valence-electron chi connectivity index (χ0n) is 19.0. The van der Waals surface area contributed by atoms with E-state index in [9.17, 15) is 13.2 Å². The second kappa shape index (κ2) is 10.3. The fraction of sp³-hybridized carbons (Fsp3) is 0.435. The molecule has 32 heavy (non-hydrogen) atoms. The average molecular weight is 462 g/mol. The van der Waals surface area contributed by atoms with Crippen molar-refractivity contribution in [3.63, 3.8) is 0 Å². The Hall–Kier alpha value is -2.62. The molecular formula is C23H31N3O5S. The lowest BCUT2D eigenvalue weighted by Gasteiger charge is -2.27. The summed E-state index contributed by atoms with van der Waals surface area (Å²) in [6.07, 6.45) is 0.649. The van der Waals surface area contributed by atoms with E-state index in [-0.39, 0.29) is 5.91 Å². The van der Waals surface area contributed by atoms with Crippen LogP contribution >= 0.6 is 0 Å². The Balaban J connectivity index is 1.65. The van der Waals surface area contributed by atoms with E-state index in [0.29, 0.717) is 54.7 Å². The van der Waals surface area contributed by atoms with Crippen LogP contribution in [0.4, 0.5) is 5.69 Å². The third-order valence-electron chi connectivity index (χ3n) is 5.69. The van der Waals surface area contributed by atoms with Gasteiger partial charge in [0.2, 0.25) is 15.9 Å². The van der Waals surface area contributed by atoms with Crippen LogP contribution in [0, 0.1) is 6.92 Å². The van der Waals surface area contributed by atoms with Gasteiger partial charge in [-0.2, -0.15) is 4.31 Å². The highest BCUT2D eigenvalue weighted by atomic mass is 32.2. The van der Waals surface area contributed by atoms with Crippen molar-refractivity contribution in [2.24, 2.45) is 0 Å². The predicted molar refractivity (Wildman–Crippen MR) is 124 cm³/mol. The number of ether oxygens (including phenoxy) is 2. The summed E-state index contributed by atoms with van der Waals surface area (Å²) in [7, 11) is -0.453.